The van der Waals surface area contributed by atoms with Gasteiger partial charge in [-0.15, -0.1) is 0 Å². The van der Waals surface area contributed by atoms with E-state index in [0.29, 0.717) is 17.9 Å². The zero-order valence-electron chi connectivity index (χ0n) is 23.6. The van der Waals surface area contributed by atoms with Gasteiger partial charge in [-0.25, -0.2) is 0 Å². The molecule has 0 fully saturated rings. The molecule has 3 aromatic carbocycles. The number of aromatic nitrogens is 1. The summed E-state index contributed by atoms with van der Waals surface area (Å²) in [5.41, 5.74) is 11.7. The second kappa shape index (κ2) is 9.26. The number of aryl methyl sites for hydroxylation is 2. The van der Waals surface area contributed by atoms with Crippen molar-refractivity contribution in [2.45, 2.75) is 32.7 Å². The number of fused-ring (bicyclic) bond motifs is 2. The van der Waals surface area contributed by atoms with Crippen LogP contribution in [0.15, 0.2) is 65.7 Å². The number of hydrogen-bond donors (Lipinski definition) is 2. The molecule has 8 heteroatoms. The molecule has 2 aliphatic rings. The lowest BCUT2D eigenvalue weighted by atomic mass is 9.83. The maximum Gasteiger partial charge on any atom is 0.237 e. The van der Waals surface area contributed by atoms with Crippen LogP contribution >= 0.6 is 0 Å². The number of carbonyl (C=O) groups excluding carboxylic acids is 1. The van der Waals surface area contributed by atoms with E-state index in [2.05, 4.69) is 27.6 Å². The Bertz CT molecular complexity index is 1730. The van der Waals surface area contributed by atoms with E-state index >= 15 is 0 Å². The van der Waals surface area contributed by atoms with Gasteiger partial charge in [-0.2, -0.15) is 0 Å². The van der Waals surface area contributed by atoms with Gasteiger partial charge in [0.1, 0.15) is 23.2 Å². The van der Waals surface area contributed by atoms with Gasteiger partial charge in [0.15, 0.2) is 0 Å². The molecule has 8 nitrogen and oxygen atoms in total. The molecule has 3 N–H and O–H groups in total. The van der Waals surface area contributed by atoms with Crippen molar-refractivity contribution in [3.63, 3.8) is 0 Å². The SMILES string of the molecule is Cc1cc(Oc2cccc(C3=NCCN3C)c2)cc2c1C(C)(C)C(=O)N2Cc1cc2cc(C(=N)N)ccc2n1C. The fourth-order valence-electron chi connectivity index (χ4n) is 6.10. The second-order valence-electron chi connectivity index (χ2n) is 11.3. The largest absolute Gasteiger partial charge is 0.457 e. The van der Waals surface area contributed by atoms with Gasteiger partial charge >= 0.3 is 0 Å². The van der Waals surface area contributed by atoms with Crippen molar-refractivity contribution in [2.75, 3.05) is 25.0 Å². The lowest BCUT2D eigenvalue weighted by Gasteiger charge is -2.21. The van der Waals surface area contributed by atoms with Crippen LogP contribution in [0, 0.1) is 12.3 Å². The Morgan fingerprint density at radius 1 is 1.07 bits per heavy atom. The van der Waals surface area contributed by atoms with Crippen LogP contribution in [0.4, 0.5) is 5.69 Å². The van der Waals surface area contributed by atoms with Crippen molar-refractivity contribution in [2.24, 2.45) is 17.8 Å². The summed E-state index contributed by atoms with van der Waals surface area (Å²) in [5, 5.41) is 8.77. The summed E-state index contributed by atoms with van der Waals surface area (Å²) >= 11 is 0. The van der Waals surface area contributed by atoms with E-state index in [4.69, 9.17) is 15.9 Å². The maximum absolute atomic E-state index is 13.8. The smallest absolute Gasteiger partial charge is 0.237 e. The van der Waals surface area contributed by atoms with Gasteiger partial charge in [-0.1, -0.05) is 12.1 Å². The van der Waals surface area contributed by atoms with Gasteiger partial charge in [0.2, 0.25) is 5.91 Å². The van der Waals surface area contributed by atoms with Gasteiger partial charge in [0, 0.05) is 54.4 Å². The lowest BCUT2D eigenvalue weighted by Crippen LogP contribution is -2.36. The normalized spacial score (nSPS) is 16.0. The van der Waals surface area contributed by atoms with E-state index in [9.17, 15) is 4.79 Å². The van der Waals surface area contributed by atoms with E-state index in [0.717, 1.165) is 63.6 Å². The highest BCUT2D eigenvalue weighted by atomic mass is 16.5. The quantitative estimate of drug-likeness (QED) is 0.266. The van der Waals surface area contributed by atoms with Crippen molar-refractivity contribution < 1.29 is 9.53 Å². The Labute approximate surface area is 234 Å². The maximum atomic E-state index is 13.8. The highest BCUT2D eigenvalue weighted by Gasteiger charge is 2.45. The Hall–Kier alpha value is -4.59. The number of likely N-dealkylation sites (N-methyl/N-ethyl adjacent to an activating group) is 1. The summed E-state index contributed by atoms with van der Waals surface area (Å²) in [7, 11) is 4.05. The zero-order chi connectivity index (χ0) is 28.3. The molecule has 0 saturated heterocycles. The molecular weight excluding hydrogens is 500 g/mol. The predicted octanol–water partition coefficient (Wildman–Crippen LogP) is 5.08. The van der Waals surface area contributed by atoms with Crippen LogP contribution in [0.25, 0.3) is 10.9 Å². The average Bonchev–Trinajstić information content (AvgIpc) is 3.53. The molecule has 0 unspecified atom stereocenters. The number of nitrogens with one attached hydrogen (secondary N) is 1. The van der Waals surface area contributed by atoms with Crippen LogP contribution in [0.1, 0.15) is 41.8 Å². The molecule has 0 atom stereocenters. The van der Waals surface area contributed by atoms with E-state index in [1.165, 1.54) is 0 Å². The average molecular weight is 535 g/mol. The van der Waals surface area contributed by atoms with E-state index in [1.54, 1.807) is 0 Å². The Morgan fingerprint density at radius 3 is 2.60 bits per heavy atom. The summed E-state index contributed by atoms with van der Waals surface area (Å²) in [6, 6.07) is 19.8. The van der Waals surface area contributed by atoms with Crippen LogP contribution in [0.5, 0.6) is 11.5 Å². The number of ether oxygens (including phenoxy) is 1. The number of nitrogens with two attached hydrogens (primary N) is 1. The van der Waals surface area contributed by atoms with Crippen LogP contribution < -0.4 is 15.4 Å². The number of hydrogen-bond acceptors (Lipinski definition) is 5. The third-order valence-corrected chi connectivity index (χ3v) is 8.14. The molecular formula is C32H34N6O2. The van der Waals surface area contributed by atoms with E-state index in [-0.39, 0.29) is 11.7 Å². The van der Waals surface area contributed by atoms with E-state index in [1.807, 2.05) is 87.3 Å². The van der Waals surface area contributed by atoms with Gasteiger partial charge in [-0.05, 0) is 74.4 Å². The first-order valence-corrected chi connectivity index (χ1v) is 13.5. The number of amidine groups is 2. The molecule has 4 aromatic rings. The third kappa shape index (κ3) is 4.11. The highest BCUT2D eigenvalue weighted by Crippen LogP contribution is 2.46. The number of nitrogens with zero attached hydrogens (tertiary/aromatic N) is 4. The number of carbonyl (C=O) groups is 1. The van der Waals surface area contributed by atoms with Crippen molar-refractivity contribution >= 4 is 34.2 Å². The van der Waals surface area contributed by atoms with Crippen molar-refractivity contribution in [1.29, 1.82) is 5.41 Å². The topological polar surface area (TPSA) is 99.9 Å². The third-order valence-electron chi connectivity index (χ3n) is 8.14. The summed E-state index contributed by atoms with van der Waals surface area (Å²) < 4.78 is 8.48. The first kappa shape index (κ1) is 25.7. The summed E-state index contributed by atoms with van der Waals surface area (Å²) in [6.45, 7) is 8.16. The molecule has 2 aliphatic heterocycles. The van der Waals surface area contributed by atoms with Crippen LogP contribution in [0.3, 0.4) is 0 Å². The molecule has 0 spiro atoms. The summed E-state index contributed by atoms with van der Waals surface area (Å²) in [5.74, 6) is 2.48. The Morgan fingerprint density at radius 2 is 1.88 bits per heavy atom. The highest BCUT2D eigenvalue weighted by molar-refractivity contribution is 6.08. The van der Waals surface area contributed by atoms with Gasteiger partial charge in [-0.3, -0.25) is 15.2 Å². The first-order chi connectivity index (χ1) is 19.0. The van der Waals surface area contributed by atoms with Crippen LogP contribution in [-0.4, -0.2) is 47.2 Å². The Kier molecular flexibility index (Phi) is 5.94. The van der Waals surface area contributed by atoms with Crippen molar-refractivity contribution in [1.82, 2.24) is 9.47 Å². The summed E-state index contributed by atoms with van der Waals surface area (Å²) in [6.07, 6.45) is 0. The van der Waals surface area contributed by atoms with Crippen LogP contribution in [-0.2, 0) is 23.8 Å². The monoisotopic (exact) mass is 534 g/mol. The molecule has 204 valence electrons. The number of amides is 1. The first-order valence-electron chi connectivity index (χ1n) is 13.5. The van der Waals surface area contributed by atoms with Crippen molar-refractivity contribution in [3.05, 3.63) is 88.6 Å². The molecule has 40 heavy (non-hydrogen) atoms. The second-order valence-corrected chi connectivity index (χ2v) is 11.3. The molecule has 0 radical (unpaired) electrons. The summed E-state index contributed by atoms with van der Waals surface area (Å²) in [4.78, 5) is 22.5. The minimum Gasteiger partial charge on any atom is -0.457 e. The minimum atomic E-state index is -0.657. The van der Waals surface area contributed by atoms with Crippen LogP contribution in [0.2, 0.25) is 0 Å². The number of nitrogen functional groups attached to an aromatic ring is 1. The number of benzene rings is 3. The molecule has 0 saturated carbocycles. The molecule has 0 bridgehead atoms. The van der Waals surface area contributed by atoms with E-state index < -0.39 is 5.41 Å². The molecule has 6 rings (SSSR count). The standard InChI is InChI=1S/C32H34N6O2/c1-19-13-25(40-24-8-6-7-21(16-24)30-35-11-12-36(30)4)17-27-28(19)32(2,3)31(39)38(27)18-23-15-22-14-20(29(33)34)9-10-26(22)37(23)5/h6-10,13-17H,11-12,18H2,1-5H3,(H3,33,34). The number of aliphatic imine (C=N–C) groups is 1. The molecule has 3 heterocycles. The fraction of sp³-hybridized carbons (Fsp3) is 0.281. The molecule has 1 amide bonds. The molecule has 0 aliphatic carbocycles. The number of anilines is 1. The van der Waals surface area contributed by atoms with Gasteiger partial charge < -0.3 is 24.8 Å². The zero-order valence-corrected chi connectivity index (χ0v) is 23.6. The molecule has 1 aromatic heterocycles. The predicted molar refractivity (Wildman–Crippen MR) is 160 cm³/mol. The van der Waals surface area contributed by atoms with Crippen molar-refractivity contribution in [3.8, 4) is 11.5 Å². The fourth-order valence-corrected chi connectivity index (χ4v) is 6.10. The minimum absolute atomic E-state index is 0.0366. The Balaban J connectivity index is 1.36. The number of rotatable bonds is 6. The lowest BCUT2D eigenvalue weighted by molar-refractivity contribution is -0.122. The van der Waals surface area contributed by atoms with Gasteiger partial charge in [0.05, 0.1) is 24.2 Å². The van der Waals surface area contributed by atoms with Gasteiger partial charge in [0.25, 0.3) is 0 Å².